The Morgan fingerprint density at radius 2 is 1.76 bits per heavy atom. The Morgan fingerprint density at radius 1 is 1.09 bits per heavy atom. The van der Waals surface area contributed by atoms with E-state index >= 15 is 0 Å². The molecule has 10 nitrogen and oxygen atoms in total. The summed E-state index contributed by atoms with van der Waals surface area (Å²) >= 11 is 0. The number of ether oxygens (including phenoxy) is 1. The van der Waals surface area contributed by atoms with E-state index in [0.717, 1.165) is 0 Å². The first-order chi connectivity index (χ1) is 15.8. The Kier molecular flexibility index (Phi) is 6.85. The fraction of sp³-hybridized carbons (Fsp3) is 0.0870. The number of anilines is 2. The van der Waals surface area contributed by atoms with Gasteiger partial charge in [0.25, 0.3) is 11.6 Å². The number of furan rings is 1. The number of carbonyl (C=O) groups excluding carboxylic acids is 2. The normalized spacial score (nSPS) is 10.8. The topological polar surface area (TPSA) is 148 Å². The predicted octanol–water partition coefficient (Wildman–Crippen LogP) is 4.37. The van der Waals surface area contributed by atoms with E-state index in [4.69, 9.17) is 9.15 Å². The van der Waals surface area contributed by atoms with Crippen LogP contribution in [0.1, 0.15) is 12.7 Å². The number of nitriles is 1. The Labute approximate surface area is 188 Å². The van der Waals surface area contributed by atoms with E-state index in [1.807, 2.05) is 6.07 Å². The molecule has 0 bridgehead atoms. The maximum Gasteiger partial charge on any atom is 0.273 e. The molecule has 0 aliphatic rings. The molecule has 1 heterocycles. The summed E-state index contributed by atoms with van der Waals surface area (Å²) < 4.78 is 10.9. The fourth-order valence-corrected chi connectivity index (χ4v) is 2.90. The Hall–Kier alpha value is -4.91. The van der Waals surface area contributed by atoms with Crippen molar-refractivity contribution in [3.8, 4) is 23.1 Å². The zero-order valence-electron chi connectivity index (χ0n) is 17.6. The first-order valence-electron chi connectivity index (χ1n) is 9.54. The number of carbonyl (C=O) groups is 2. The van der Waals surface area contributed by atoms with Gasteiger partial charge in [0.1, 0.15) is 28.9 Å². The zero-order valence-corrected chi connectivity index (χ0v) is 17.6. The number of benzene rings is 2. The molecule has 0 atom stereocenters. The number of hydrogen-bond donors (Lipinski definition) is 2. The molecular formula is C23H18N4O6. The van der Waals surface area contributed by atoms with Crippen molar-refractivity contribution < 1.29 is 23.7 Å². The molecule has 0 aliphatic heterocycles. The van der Waals surface area contributed by atoms with E-state index in [-0.39, 0.29) is 28.7 Å². The van der Waals surface area contributed by atoms with Crippen LogP contribution in [0.2, 0.25) is 0 Å². The summed E-state index contributed by atoms with van der Waals surface area (Å²) in [6.45, 7) is 1.39. The lowest BCUT2D eigenvalue weighted by Gasteiger charge is -2.06. The van der Waals surface area contributed by atoms with Gasteiger partial charge in [0.05, 0.1) is 23.7 Å². The van der Waals surface area contributed by atoms with Gasteiger partial charge in [-0.15, -0.1) is 0 Å². The van der Waals surface area contributed by atoms with Gasteiger partial charge in [-0.05, 0) is 42.5 Å². The van der Waals surface area contributed by atoms with Gasteiger partial charge in [0.2, 0.25) is 5.91 Å². The van der Waals surface area contributed by atoms with Gasteiger partial charge in [-0.2, -0.15) is 5.26 Å². The number of nitro benzene ring substituents is 1. The van der Waals surface area contributed by atoms with Crippen LogP contribution in [-0.4, -0.2) is 23.8 Å². The third kappa shape index (κ3) is 5.62. The molecule has 0 unspecified atom stereocenters. The highest BCUT2D eigenvalue weighted by molar-refractivity contribution is 6.09. The van der Waals surface area contributed by atoms with Crippen LogP contribution in [0.25, 0.3) is 17.4 Å². The van der Waals surface area contributed by atoms with Crippen LogP contribution >= 0.6 is 0 Å². The Morgan fingerprint density at radius 3 is 2.33 bits per heavy atom. The van der Waals surface area contributed by atoms with Crippen LogP contribution in [0, 0.1) is 21.4 Å². The monoisotopic (exact) mass is 446 g/mol. The summed E-state index contributed by atoms with van der Waals surface area (Å²) in [6, 6.07) is 15.5. The summed E-state index contributed by atoms with van der Waals surface area (Å²) in [5, 5.41) is 25.6. The Balaban J connectivity index is 1.79. The summed E-state index contributed by atoms with van der Waals surface area (Å²) in [7, 11) is 1.38. The van der Waals surface area contributed by atoms with Crippen LogP contribution in [0.3, 0.4) is 0 Å². The molecule has 2 amide bonds. The third-order valence-corrected chi connectivity index (χ3v) is 4.40. The van der Waals surface area contributed by atoms with Gasteiger partial charge in [-0.25, -0.2) is 0 Å². The van der Waals surface area contributed by atoms with E-state index in [1.54, 1.807) is 36.4 Å². The van der Waals surface area contributed by atoms with Crippen molar-refractivity contribution >= 4 is 35.0 Å². The van der Waals surface area contributed by atoms with Crippen molar-refractivity contribution in [3.63, 3.8) is 0 Å². The summed E-state index contributed by atoms with van der Waals surface area (Å²) in [6.07, 6.45) is 1.28. The lowest BCUT2D eigenvalue weighted by Crippen LogP contribution is -2.13. The number of nitro groups is 1. The summed E-state index contributed by atoms with van der Waals surface area (Å²) in [5.41, 5.74) is 1.16. The second-order valence-corrected chi connectivity index (χ2v) is 6.73. The van der Waals surface area contributed by atoms with Crippen molar-refractivity contribution in [1.82, 2.24) is 0 Å². The molecule has 1 aromatic heterocycles. The molecule has 3 rings (SSSR count). The highest BCUT2D eigenvalue weighted by Crippen LogP contribution is 2.34. The number of nitrogens with zero attached hydrogens (tertiary/aromatic N) is 2. The first-order valence-corrected chi connectivity index (χ1v) is 9.54. The van der Waals surface area contributed by atoms with Gasteiger partial charge in [0.15, 0.2) is 0 Å². The SMILES string of the molecule is COc1cc([N+](=O)[O-])ccc1-c1ccc(C=C(C#N)C(=O)Nc2ccc(NC(C)=O)cc2)o1. The number of non-ortho nitro benzene ring substituents is 1. The number of methoxy groups -OCH3 is 1. The van der Waals surface area contributed by atoms with E-state index in [9.17, 15) is 25.0 Å². The van der Waals surface area contributed by atoms with Crippen molar-refractivity contribution in [2.24, 2.45) is 0 Å². The molecule has 0 saturated heterocycles. The van der Waals surface area contributed by atoms with Crippen molar-refractivity contribution in [2.75, 3.05) is 17.7 Å². The van der Waals surface area contributed by atoms with Crippen molar-refractivity contribution in [3.05, 3.63) is 76.0 Å². The van der Waals surface area contributed by atoms with Crippen LogP contribution in [0.4, 0.5) is 17.1 Å². The van der Waals surface area contributed by atoms with E-state index in [2.05, 4.69) is 10.6 Å². The minimum atomic E-state index is -0.643. The molecule has 0 saturated carbocycles. The highest BCUT2D eigenvalue weighted by atomic mass is 16.6. The minimum Gasteiger partial charge on any atom is -0.496 e. The van der Waals surface area contributed by atoms with Gasteiger partial charge >= 0.3 is 0 Å². The molecule has 0 aliphatic carbocycles. The van der Waals surface area contributed by atoms with Gasteiger partial charge < -0.3 is 19.8 Å². The van der Waals surface area contributed by atoms with Crippen molar-refractivity contribution in [2.45, 2.75) is 6.92 Å². The number of amides is 2. The lowest BCUT2D eigenvalue weighted by atomic mass is 10.1. The number of nitrogens with one attached hydrogen (secondary N) is 2. The quantitative estimate of drug-likeness (QED) is 0.237. The van der Waals surface area contributed by atoms with Gasteiger partial charge in [-0.3, -0.25) is 19.7 Å². The molecule has 0 fully saturated rings. The Bertz CT molecular complexity index is 1290. The molecule has 2 N–H and O–H groups in total. The third-order valence-electron chi connectivity index (χ3n) is 4.40. The standard InChI is InChI=1S/C23H18N4O6/c1-14(28)25-16-3-5-17(6-4-16)26-23(29)15(13-24)11-19-8-10-21(33-19)20-9-7-18(27(30)31)12-22(20)32-2/h3-12H,1-2H3,(H,25,28)(H,26,29). The zero-order chi connectivity index (χ0) is 24.0. The van der Waals surface area contributed by atoms with E-state index in [0.29, 0.717) is 22.7 Å². The van der Waals surface area contributed by atoms with Crippen LogP contribution in [0.15, 0.2) is 64.6 Å². The second kappa shape index (κ2) is 9.93. The van der Waals surface area contributed by atoms with Crippen LogP contribution < -0.4 is 15.4 Å². The summed E-state index contributed by atoms with van der Waals surface area (Å²) in [5.74, 6) is -0.0336. The molecule has 0 radical (unpaired) electrons. The van der Waals surface area contributed by atoms with Gasteiger partial charge in [0, 0.05) is 30.4 Å². The van der Waals surface area contributed by atoms with Crippen molar-refractivity contribution in [1.29, 1.82) is 5.26 Å². The van der Waals surface area contributed by atoms with Gasteiger partial charge in [-0.1, -0.05) is 0 Å². The molecule has 33 heavy (non-hydrogen) atoms. The predicted molar refractivity (Wildman–Crippen MR) is 120 cm³/mol. The number of hydrogen-bond acceptors (Lipinski definition) is 7. The largest absolute Gasteiger partial charge is 0.496 e. The molecule has 3 aromatic rings. The minimum absolute atomic E-state index is 0.129. The highest BCUT2D eigenvalue weighted by Gasteiger charge is 2.16. The second-order valence-electron chi connectivity index (χ2n) is 6.73. The average molecular weight is 446 g/mol. The smallest absolute Gasteiger partial charge is 0.273 e. The molecule has 10 heteroatoms. The summed E-state index contributed by atoms with van der Waals surface area (Å²) in [4.78, 5) is 34.0. The first kappa shape index (κ1) is 22.8. The molecule has 0 spiro atoms. The molecule has 2 aromatic carbocycles. The maximum absolute atomic E-state index is 12.5. The van der Waals surface area contributed by atoms with Crippen LogP contribution in [-0.2, 0) is 9.59 Å². The maximum atomic E-state index is 12.5. The van der Waals surface area contributed by atoms with E-state index in [1.165, 1.54) is 38.3 Å². The molecule has 166 valence electrons. The number of rotatable bonds is 7. The average Bonchev–Trinajstić information content (AvgIpc) is 3.26. The molecular weight excluding hydrogens is 428 g/mol. The lowest BCUT2D eigenvalue weighted by molar-refractivity contribution is -0.384. The fourth-order valence-electron chi connectivity index (χ4n) is 2.90. The van der Waals surface area contributed by atoms with Crippen LogP contribution in [0.5, 0.6) is 5.75 Å². The van der Waals surface area contributed by atoms with E-state index < -0.39 is 10.8 Å².